The predicted octanol–water partition coefficient (Wildman–Crippen LogP) is 1.66. The van der Waals surface area contributed by atoms with Crippen LogP contribution in [0, 0.1) is 11.3 Å². The Hall–Kier alpha value is -1.16. The van der Waals surface area contributed by atoms with Crippen LogP contribution in [0.4, 0.5) is 0 Å². The van der Waals surface area contributed by atoms with Crippen LogP contribution < -0.4 is 0 Å². The van der Waals surface area contributed by atoms with Crippen molar-refractivity contribution < 1.29 is 8.42 Å². The van der Waals surface area contributed by atoms with Crippen molar-refractivity contribution in [1.29, 1.82) is 5.26 Å². The van der Waals surface area contributed by atoms with Gasteiger partial charge in [0, 0.05) is 25.7 Å². The molecule has 1 rings (SSSR count). The molecule has 1 heterocycles. The number of hydrogen-bond acceptors (Lipinski definition) is 4. The fourth-order valence-corrected chi connectivity index (χ4v) is 3.02. The van der Waals surface area contributed by atoms with Gasteiger partial charge in [-0.2, -0.15) is 9.57 Å². The highest BCUT2D eigenvalue weighted by Crippen LogP contribution is 2.17. The summed E-state index contributed by atoms with van der Waals surface area (Å²) in [5.41, 5.74) is 0. The quantitative estimate of drug-likeness (QED) is 0.765. The molecule has 0 aromatic carbocycles. The summed E-state index contributed by atoms with van der Waals surface area (Å²) in [5, 5.41) is 8.62. The van der Waals surface area contributed by atoms with Gasteiger partial charge in [0.1, 0.15) is 5.15 Å². The summed E-state index contributed by atoms with van der Waals surface area (Å²) in [6, 6.07) is 4.61. The van der Waals surface area contributed by atoms with Gasteiger partial charge >= 0.3 is 0 Å². The number of nitrogens with zero attached hydrogens (tertiary/aromatic N) is 3. The molecule has 0 amide bonds. The highest BCUT2D eigenvalue weighted by Gasteiger charge is 2.22. The Bertz CT molecular complexity index is 525. The van der Waals surface area contributed by atoms with Crippen molar-refractivity contribution in [2.24, 2.45) is 0 Å². The van der Waals surface area contributed by atoms with Crippen molar-refractivity contribution in [2.75, 3.05) is 13.1 Å². The number of sulfonamides is 1. The van der Waals surface area contributed by atoms with Gasteiger partial charge in [0.25, 0.3) is 0 Å². The predicted molar refractivity (Wildman–Crippen MR) is 63.9 cm³/mol. The van der Waals surface area contributed by atoms with Crippen molar-refractivity contribution in [3.05, 3.63) is 23.5 Å². The van der Waals surface area contributed by atoms with Gasteiger partial charge in [-0.15, -0.1) is 0 Å². The summed E-state index contributed by atoms with van der Waals surface area (Å²) in [5.74, 6) is 0. The summed E-state index contributed by atoms with van der Waals surface area (Å²) >= 11 is 5.66. The minimum atomic E-state index is -3.59. The summed E-state index contributed by atoms with van der Waals surface area (Å²) in [6.45, 7) is 2.21. The third kappa shape index (κ3) is 3.40. The molecule has 1 aromatic heterocycles. The van der Waals surface area contributed by atoms with Gasteiger partial charge in [-0.05, 0) is 12.1 Å². The van der Waals surface area contributed by atoms with Crippen molar-refractivity contribution in [2.45, 2.75) is 18.2 Å². The average molecular weight is 274 g/mol. The van der Waals surface area contributed by atoms with Crippen LogP contribution in [0.15, 0.2) is 23.2 Å². The Morgan fingerprint density at radius 1 is 1.59 bits per heavy atom. The van der Waals surface area contributed by atoms with E-state index in [-0.39, 0.29) is 23.0 Å². The zero-order valence-electron chi connectivity index (χ0n) is 9.30. The van der Waals surface area contributed by atoms with E-state index in [1.165, 1.54) is 22.6 Å². The minimum absolute atomic E-state index is 0.0947. The van der Waals surface area contributed by atoms with Gasteiger partial charge in [0.2, 0.25) is 10.0 Å². The first kappa shape index (κ1) is 13.9. The molecule has 5 nitrogen and oxygen atoms in total. The molecule has 0 fully saturated rings. The van der Waals surface area contributed by atoms with E-state index in [0.29, 0.717) is 6.54 Å². The number of nitriles is 1. The first-order valence-electron chi connectivity index (χ1n) is 5.01. The first-order valence-corrected chi connectivity index (χ1v) is 6.82. The summed E-state index contributed by atoms with van der Waals surface area (Å²) in [7, 11) is -3.59. The van der Waals surface area contributed by atoms with E-state index in [1.54, 1.807) is 6.92 Å². The van der Waals surface area contributed by atoms with Crippen LogP contribution in [-0.4, -0.2) is 30.8 Å². The van der Waals surface area contributed by atoms with E-state index in [0.717, 1.165) is 0 Å². The molecule has 0 saturated carbocycles. The molecular weight excluding hydrogens is 262 g/mol. The maximum Gasteiger partial charge on any atom is 0.243 e. The lowest BCUT2D eigenvalue weighted by molar-refractivity contribution is 0.435. The van der Waals surface area contributed by atoms with Crippen LogP contribution in [-0.2, 0) is 10.0 Å². The monoisotopic (exact) mass is 273 g/mol. The molecule has 0 aliphatic heterocycles. The van der Waals surface area contributed by atoms with E-state index in [1.807, 2.05) is 6.07 Å². The average Bonchev–Trinajstić information content (AvgIpc) is 2.30. The molecule has 0 spiro atoms. The highest BCUT2D eigenvalue weighted by atomic mass is 35.5. The lowest BCUT2D eigenvalue weighted by atomic mass is 10.5. The highest BCUT2D eigenvalue weighted by molar-refractivity contribution is 7.89. The molecule has 0 aliphatic carbocycles. The lowest BCUT2D eigenvalue weighted by Gasteiger charge is -2.19. The van der Waals surface area contributed by atoms with Crippen molar-refractivity contribution >= 4 is 21.6 Å². The zero-order chi connectivity index (χ0) is 12.9. The van der Waals surface area contributed by atoms with Gasteiger partial charge in [-0.1, -0.05) is 18.5 Å². The molecule has 0 unspecified atom stereocenters. The van der Waals surface area contributed by atoms with E-state index < -0.39 is 10.0 Å². The fourth-order valence-electron chi connectivity index (χ4n) is 1.32. The Kier molecular flexibility index (Phi) is 4.87. The molecule has 1 aromatic rings. The van der Waals surface area contributed by atoms with Crippen molar-refractivity contribution in [3.63, 3.8) is 0 Å². The third-order valence-electron chi connectivity index (χ3n) is 2.16. The smallest absolute Gasteiger partial charge is 0.243 e. The molecule has 92 valence electrons. The second kappa shape index (κ2) is 5.96. The van der Waals surface area contributed by atoms with Crippen LogP contribution in [0.25, 0.3) is 0 Å². The number of aromatic nitrogens is 1. The summed E-state index contributed by atoms with van der Waals surface area (Å²) in [6.07, 6.45) is 1.50. The number of hydrogen-bond donors (Lipinski definition) is 0. The maximum atomic E-state index is 12.2. The molecule has 0 atom stereocenters. The summed E-state index contributed by atoms with van der Waals surface area (Å²) < 4.78 is 25.5. The third-order valence-corrected chi connectivity index (χ3v) is 4.34. The Morgan fingerprint density at radius 3 is 2.82 bits per heavy atom. The van der Waals surface area contributed by atoms with Crippen LogP contribution in [0.2, 0.25) is 5.15 Å². The second-order valence-electron chi connectivity index (χ2n) is 3.22. The molecule has 0 radical (unpaired) electrons. The number of pyridine rings is 1. The standard InChI is InChI=1S/C10H12ClN3O2S/c1-2-14(7-3-5-12)17(15,16)9-4-6-13-10(11)8-9/h4,6,8H,2-3,7H2,1H3. The van der Waals surface area contributed by atoms with E-state index in [4.69, 9.17) is 16.9 Å². The molecule has 0 N–H and O–H groups in total. The molecule has 7 heteroatoms. The maximum absolute atomic E-state index is 12.2. The molecule has 0 bridgehead atoms. The van der Waals surface area contributed by atoms with Crippen molar-refractivity contribution in [3.8, 4) is 6.07 Å². The van der Waals surface area contributed by atoms with Gasteiger partial charge in [0.15, 0.2) is 0 Å². The largest absolute Gasteiger partial charge is 0.244 e. The molecular formula is C10H12ClN3O2S. The number of halogens is 1. The Morgan fingerprint density at radius 2 is 2.29 bits per heavy atom. The number of rotatable bonds is 5. The topological polar surface area (TPSA) is 74.1 Å². The van der Waals surface area contributed by atoms with Gasteiger partial charge in [0.05, 0.1) is 11.0 Å². The van der Waals surface area contributed by atoms with Crippen LogP contribution >= 0.6 is 11.6 Å². The van der Waals surface area contributed by atoms with Crippen LogP contribution in [0.1, 0.15) is 13.3 Å². The first-order chi connectivity index (χ1) is 8.02. The van der Waals surface area contributed by atoms with Crippen LogP contribution in [0.3, 0.4) is 0 Å². The van der Waals surface area contributed by atoms with Crippen LogP contribution in [0.5, 0.6) is 0 Å². The van der Waals surface area contributed by atoms with E-state index >= 15 is 0 Å². The fraction of sp³-hybridized carbons (Fsp3) is 0.400. The van der Waals surface area contributed by atoms with Gasteiger partial charge in [-0.25, -0.2) is 13.4 Å². The SMILES string of the molecule is CCN(CCC#N)S(=O)(=O)c1ccnc(Cl)c1. The molecule has 0 saturated heterocycles. The normalized spacial score (nSPS) is 11.4. The lowest BCUT2D eigenvalue weighted by Crippen LogP contribution is -2.31. The summed E-state index contributed by atoms with van der Waals surface area (Å²) in [4.78, 5) is 3.83. The van der Waals surface area contributed by atoms with Gasteiger partial charge < -0.3 is 0 Å². The van der Waals surface area contributed by atoms with E-state index in [2.05, 4.69) is 4.98 Å². The Balaban J connectivity index is 3.05. The molecule has 17 heavy (non-hydrogen) atoms. The van der Waals surface area contributed by atoms with Crippen molar-refractivity contribution in [1.82, 2.24) is 9.29 Å². The Labute approximate surface area is 106 Å². The second-order valence-corrected chi connectivity index (χ2v) is 5.54. The van der Waals surface area contributed by atoms with Gasteiger partial charge in [-0.3, -0.25) is 0 Å². The van der Waals surface area contributed by atoms with E-state index in [9.17, 15) is 8.42 Å². The molecule has 0 aliphatic rings. The zero-order valence-corrected chi connectivity index (χ0v) is 10.9. The minimum Gasteiger partial charge on any atom is -0.244 e.